The van der Waals surface area contributed by atoms with Gasteiger partial charge in [0.05, 0.1) is 0 Å². The molecule has 12 heavy (non-hydrogen) atoms. The molecule has 0 spiro atoms. The molecule has 1 aromatic carbocycles. The number of halogens is 4. The number of rotatable bonds is 1. The zero-order chi connectivity index (χ0) is 9.30. The van der Waals surface area contributed by atoms with E-state index in [0.717, 1.165) is 6.07 Å². The minimum absolute atomic E-state index is 0.0592. The minimum atomic E-state index is -2.76. The Hall–Kier alpha value is -1.06. The van der Waals surface area contributed by atoms with Crippen molar-refractivity contribution >= 4 is 0 Å². The van der Waals surface area contributed by atoms with Crippen LogP contribution in [-0.4, -0.2) is 0 Å². The first kappa shape index (κ1) is 9.03. The van der Waals surface area contributed by atoms with Crippen LogP contribution in [0.25, 0.3) is 0 Å². The second-order valence-electron chi connectivity index (χ2n) is 2.42. The van der Waals surface area contributed by atoms with Crippen LogP contribution in [0, 0.1) is 18.6 Å². The third kappa shape index (κ3) is 1.57. The summed E-state index contributed by atoms with van der Waals surface area (Å²) in [5.74, 6) is -2.34. The summed E-state index contributed by atoms with van der Waals surface area (Å²) in [5.41, 5.74) is -0.405. The first-order chi connectivity index (χ1) is 5.52. The smallest absolute Gasteiger partial charge is 0.205 e. The van der Waals surface area contributed by atoms with Gasteiger partial charge in [-0.1, -0.05) is 0 Å². The van der Waals surface area contributed by atoms with Gasteiger partial charge >= 0.3 is 0 Å². The second kappa shape index (κ2) is 3.13. The van der Waals surface area contributed by atoms with Crippen LogP contribution in [0.15, 0.2) is 12.1 Å². The van der Waals surface area contributed by atoms with Crippen molar-refractivity contribution in [2.75, 3.05) is 0 Å². The highest BCUT2D eigenvalue weighted by Crippen LogP contribution is 2.24. The molecule has 1 rings (SSSR count). The molecule has 0 aliphatic rings. The lowest BCUT2D eigenvalue weighted by Crippen LogP contribution is -1.94. The number of benzene rings is 1. The Morgan fingerprint density at radius 3 is 2.08 bits per heavy atom. The van der Waals surface area contributed by atoms with Gasteiger partial charge in [-0.05, 0) is 24.6 Å². The molecule has 0 amide bonds. The maximum atomic E-state index is 12.4. The molecule has 0 atom stereocenters. The number of alkyl halides is 2. The van der Waals surface area contributed by atoms with Crippen molar-refractivity contribution in [2.24, 2.45) is 0 Å². The monoisotopic (exact) mass is 178 g/mol. The topological polar surface area (TPSA) is 0 Å². The van der Waals surface area contributed by atoms with Gasteiger partial charge in [-0.3, -0.25) is 0 Å². The van der Waals surface area contributed by atoms with Gasteiger partial charge < -0.3 is 0 Å². The van der Waals surface area contributed by atoms with E-state index in [1.165, 1.54) is 6.92 Å². The van der Waals surface area contributed by atoms with E-state index in [0.29, 0.717) is 6.07 Å². The van der Waals surface area contributed by atoms with Gasteiger partial charge in [-0.25, -0.2) is 17.6 Å². The Morgan fingerprint density at radius 1 is 1.08 bits per heavy atom. The molecule has 0 radical (unpaired) electrons. The van der Waals surface area contributed by atoms with Crippen molar-refractivity contribution in [3.8, 4) is 0 Å². The summed E-state index contributed by atoms with van der Waals surface area (Å²) >= 11 is 0. The quantitative estimate of drug-likeness (QED) is 0.579. The first-order valence-electron chi connectivity index (χ1n) is 3.26. The number of hydrogen-bond donors (Lipinski definition) is 0. The lowest BCUT2D eigenvalue weighted by molar-refractivity contribution is 0.150. The molecule has 4 heteroatoms. The first-order valence-corrected chi connectivity index (χ1v) is 3.26. The third-order valence-electron chi connectivity index (χ3n) is 1.54. The highest BCUT2D eigenvalue weighted by Gasteiger charge is 2.14. The van der Waals surface area contributed by atoms with E-state index in [1.54, 1.807) is 0 Å². The standard InChI is InChI=1S/C8H6F4/c1-4-2-6(9)7(10)3-5(4)8(11)12/h2-3,8H,1H3. The zero-order valence-electron chi connectivity index (χ0n) is 6.24. The highest BCUT2D eigenvalue weighted by atomic mass is 19.3. The molecule has 66 valence electrons. The molecule has 0 aromatic heterocycles. The summed E-state index contributed by atoms with van der Waals surface area (Å²) in [6.07, 6.45) is -2.76. The second-order valence-corrected chi connectivity index (χ2v) is 2.42. The molecule has 0 heterocycles. The van der Waals surface area contributed by atoms with Crippen LogP contribution in [0.4, 0.5) is 17.6 Å². The predicted molar refractivity (Wildman–Crippen MR) is 36.1 cm³/mol. The third-order valence-corrected chi connectivity index (χ3v) is 1.54. The van der Waals surface area contributed by atoms with Crippen molar-refractivity contribution in [1.29, 1.82) is 0 Å². The van der Waals surface area contributed by atoms with Gasteiger partial charge in [0.2, 0.25) is 0 Å². The summed E-state index contributed by atoms with van der Waals surface area (Å²) in [6, 6.07) is 1.28. The Morgan fingerprint density at radius 2 is 1.58 bits per heavy atom. The average Bonchev–Trinajstić information content (AvgIpc) is 1.96. The van der Waals surface area contributed by atoms with E-state index in [1.807, 2.05) is 0 Å². The number of hydrogen-bond acceptors (Lipinski definition) is 0. The minimum Gasteiger partial charge on any atom is -0.205 e. The maximum Gasteiger partial charge on any atom is 0.264 e. The van der Waals surface area contributed by atoms with E-state index in [4.69, 9.17) is 0 Å². The lowest BCUT2D eigenvalue weighted by atomic mass is 10.1. The summed E-state index contributed by atoms with van der Waals surface area (Å²) in [5, 5.41) is 0. The highest BCUT2D eigenvalue weighted by molar-refractivity contribution is 5.28. The molecule has 1 aromatic rings. The van der Waals surface area contributed by atoms with Gasteiger partial charge in [0.15, 0.2) is 11.6 Å². The van der Waals surface area contributed by atoms with Crippen molar-refractivity contribution in [3.05, 3.63) is 34.9 Å². The molecule has 0 saturated carbocycles. The van der Waals surface area contributed by atoms with Crippen molar-refractivity contribution in [2.45, 2.75) is 13.3 Å². The van der Waals surface area contributed by atoms with E-state index >= 15 is 0 Å². The Labute approximate surface area is 66.8 Å². The van der Waals surface area contributed by atoms with Crippen molar-refractivity contribution in [3.63, 3.8) is 0 Å². The van der Waals surface area contributed by atoms with Gasteiger partial charge in [0.1, 0.15) is 0 Å². The summed E-state index contributed by atoms with van der Waals surface area (Å²) < 4.78 is 48.9. The van der Waals surface area contributed by atoms with Gasteiger partial charge in [0, 0.05) is 5.56 Å². The van der Waals surface area contributed by atoms with Crippen LogP contribution in [0.1, 0.15) is 17.6 Å². The fraction of sp³-hybridized carbons (Fsp3) is 0.250. The predicted octanol–water partition coefficient (Wildman–Crippen LogP) is 3.21. The normalized spacial score (nSPS) is 10.8. The van der Waals surface area contributed by atoms with E-state index < -0.39 is 23.6 Å². The molecular formula is C8H6F4. The largest absolute Gasteiger partial charge is 0.264 e. The van der Waals surface area contributed by atoms with Crippen LogP contribution in [0.2, 0.25) is 0 Å². The van der Waals surface area contributed by atoms with Crippen molar-refractivity contribution < 1.29 is 17.6 Å². The molecule has 0 unspecified atom stereocenters. The molecular weight excluding hydrogens is 172 g/mol. The molecule has 0 aliphatic heterocycles. The Bertz CT molecular complexity index is 293. The number of aryl methyl sites for hydroxylation is 1. The summed E-state index contributed by atoms with van der Waals surface area (Å²) in [6.45, 7) is 1.31. The lowest BCUT2D eigenvalue weighted by Gasteiger charge is -2.04. The fourth-order valence-corrected chi connectivity index (χ4v) is 0.897. The van der Waals surface area contributed by atoms with Gasteiger partial charge in [-0.2, -0.15) is 0 Å². The van der Waals surface area contributed by atoms with Crippen LogP contribution in [0.5, 0.6) is 0 Å². The van der Waals surface area contributed by atoms with Crippen LogP contribution >= 0.6 is 0 Å². The van der Waals surface area contributed by atoms with Crippen LogP contribution < -0.4 is 0 Å². The van der Waals surface area contributed by atoms with Crippen LogP contribution in [-0.2, 0) is 0 Å². The molecule has 0 N–H and O–H groups in total. The van der Waals surface area contributed by atoms with E-state index in [2.05, 4.69) is 0 Å². The van der Waals surface area contributed by atoms with Crippen LogP contribution in [0.3, 0.4) is 0 Å². The van der Waals surface area contributed by atoms with Gasteiger partial charge in [-0.15, -0.1) is 0 Å². The molecule has 0 fully saturated rings. The van der Waals surface area contributed by atoms with Gasteiger partial charge in [0.25, 0.3) is 6.43 Å². The van der Waals surface area contributed by atoms with Crippen molar-refractivity contribution in [1.82, 2.24) is 0 Å². The fourth-order valence-electron chi connectivity index (χ4n) is 0.897. The maximum absolute atomic E-state index is 12.4. The Kier molecular flexibility index (Phi) is 2.35. The van der Waals surface area contributed by atoms with E-state index in [-0.39, 0.29) is 5.56 Å². The average molecular weight is 178 g/mol. The van der Waals surface area contributed by atoms with E-state index in [9.17, 15) is 17.6 Å². The molecule has 0 saturated heterocycles. The zero-order valence-corrected chi connectivity index (χ0v) is 6.24. The molecule has 0 nitrogen and oxygen atoms in total. The summed E-state index contributed by atoms with van der Waals surface area (Å²) in [4.78, 5) is 0. The molecule has 0 aliphatic carbocycles. The SMILES string of the molecule is Cc1cc(F)c(F)cc1C(F)F. The Balaban J connectivity index is 3.23. The molecule has 0 bridgehead atoms. The summed E-state index contributed by atoms with van der Waals surface area (Å²) in [7, 11) is 0.